The summed E-state index contributed by atoms with van der Waals surface area (Å²) in [5, 5.41) is 12.4. The first-order valence-corrected chi connectivity index (χ1v) is 12.4. The first kappa shape index (κ1) is 29.1. The number of carboxylic acid groups (broad SMARTS) is 1. The number of carbonyl (C=O) groups is 3. The number of piperidine rings is 1. The fourth-order valence-corrected chi connectivity index (χ4v) is 4.58. The first-order chi connectivity index (χ1) is 15.1. The highest BCUT2D eigenvalue weighted by atomic mass is 16.4. The van der Waals surface area contributed by atoms with E-state index in [4.69, 9.17) is 0 Å². The molecule has 1 saturated heterocycles. The molecule has 0 saturated carbocycles. The van der Waals surface area contributed by atoms with E-state index in [0.717, 1.165) is 25.8 Å². The van der Waals surface area contributed by atoms with E-state index in [0.29, 0.717) is 5.92 Å². The molecule has 0 aromatic carbocycles. The number of aliphatic carboxylic acids is 1. The highest BCUT2D eigenvalue weighted by Crippen LogP contribution is 2.28. The van der Waals surface area contributed by atoms with Gasteiger partial charge in [0, 0.05) is 25.2 Å². The lowest BCUT2D eigenvalue weighted by molar-refractivity contribution is -0.142. The van der Waals surface area contributed by atoms with E-state index in [1.165, 1.54) is 6.92 Å². The third-order valence-corrected chi connectivity index (χ3v) is 6.90. The summed E-state index contributed by atoms with van der Waals surface area (Å²) in [6.07, 6.45) is 4.53. The normalized spacial score (nSPS) is 22.2. The summed E-state index contributed by atoms with van der Waals surface area (Å²) in [7, 11) is 1.69. The topological polar surface area (TPSA) is 90.0 Å². The number of nitrogens with one attached hydrogen (secondary N) is 1. The monoisotopic (exact) mass is 465 g/mol. The maximum Gasteiger partial charge on any atom is 0.331 e. The Kier molecular flexibility index (Phi) is 10.6. The van der Waals surface area contributed by atoms with Gasteiger partial charge in [0.2, 0.25) is 11.8 Å². The second-order valence-electron chi connectivity index (χ2n) is 11.3. The highest BCUT2D eigenvalue weighted by Gasteiger charge is 2.40. The Balaban J connectivity index is 3.17. The number of likely N-dealkylation sites (tertiary alicyclic amines) is 1. The lowest BCUT2D eigenvalue weighted by Crippen LogP contribution is -2.61. The van der Waals surface area contributed by atoms with E-state index in [1.54, 1.807) is 18.0 Å². The van der Waals surface area contributed by atoms with Crippen molar-refractivity contribution < 1.29 is 19.5 Å². The second-order valence-corrected chi connectivity index (χ2v) is 11.3. The van der Waals surface area contributed by atoms with E-state index >= 15 is 0 Å². The molecule has 0 aliphatic carbocycles. The maximum atomic E-state index is 13.6. The fraction of sp³-hybridized carbons (Fsp3) is 0.808. The van der Waals surface area contributed by atoms with Crippen molar-refractivity contribution in [2.24, 2.45) is 17.3 Å². The summed E-state index contributed by atoms with van der Waals surface area (Å²) in [6.45, 7) is 18.6. The highest BCUT2D eigenvalue weighted by molar-refractivity contribution is 5.91. The Morgan fingerprint density at radius 3 is 2.15 bits per heavy atom. The van der Waals surface area contributed by atoms with Crippen molar-refractivity contribution in [2.75, 3.05) is 13.6 Å². The molecule has 0 unspecified atom stereocenters. The first-order valence-electron chi connectivity index (χ1n) is 12.4. The van der Waals surface area contributed by atoms with Gasteiger partial charge in [0.25, 0.3) is 0 Å². The molecule has 0 spiro atoms. The molecule has 1 fully saturated rings. The van der Waals surface area contributed by atoms with Gasteiger partial charge < -0.3 is 15.3 Å². The molecule has 2 N–H and O–H groups in total. The van der Waals surface area contributed by atoms with Gasteiger partial charge in [-0.2, -0.15) is 0 Å². The molecule has 1 heterocycles. The minimum atomic E-state index is -1.00. The van der Waals surface area contributed by atoms with Crippen LogP contribution in [-0.2, 0) is 14.4 Å². The van der Waals surface area contributed by atoms with Gasteiger partial charge in [-0.15, -0.1) is 0 Å². The van der Waals surface area contributed by atoms with Crippen molar-refractivity contribution in [1.29, 1.82) is 0 Å². The average Bonchev–Trinajstić information content (AvgIpc) is 2.72. The van der Waals surface area contributed by atoms with Gasteiger partial charge in [-0.3, -0.25) is 14.5 Å². The van der Waals surface area contributed by atoms with Crippen molar-refractivity contribution in [3.8, 4) is 0 Å². The maximum absolute atomic E-state index is 13.6. The molecule has 0 aromatic rings. The molecule has 1 aliphatic rings. The molecule has 0 aromatic heterocycles. The summed E-state index contributed by atoms with van der Waals surface area (Å²) < 4.78 is 0. The molecule has 0 bridgehead atoms. The van der Waals surface area contributed by atoms with E-state index in [9.17, 15) is 19.5 Å². The van der Waals surface area contributed by atoms with Crippen LogP contribution in [0.1, 0.15) is 81.6 Å². The molecule has 7 heteroatoms. The number of nitrogens with zero attached hydrogens (tertiary/aromatic N) is 2. The number of likely N-dealkylation sites (N-methyl/N-ethyl adjacent to an activating group) is 1. The van der Waals surface area contributed by atoms with E-state index in [1.807, 2.05) is 34.6 Å². The smallest absolute Gasteiger partial charge is 0.331 e. The number of hydrogen-bond donors (Lipinski definition) is 2. The molecular weight excluding hydrogens is 418 g/mol. The van der Waals surface area contributed by atoms with Gasteiger partial charge in [0.1, 0.15) is 6.04 Å². The van der Waals surface area contributed by atoms with Crippen molar-refractivity contribution in [3.05, 3.63) is 11.6 Å². The van der Waals surface area contributed by atoms with Crippen LogP contribution in [0.4, 0.5) is 0 Å². The van der Waals surface area contributed by atoms with Crippen LogP contribution in [0.15, 0.2) is 11.6 Å². The molecule has 4 atom stereocenters. The Hall–Kier alpha value is -1.89. The minimum absolute atomic E-state index is 0.0188. The van der Waals surface area contributed by atoms with Crippen molar-refractivity contribution >= 4 is 17.8 Å². The van der Waals surface area contributed by atoms with Crippen LogP contribution in [0.3, 0.4) is 0 Å². The van der Waals surface area contributed by atoms with E-state index in [2.05, 4.69) is 31.0 Å². The predicted octanol–water partition coefficient (Wildman–Crippen LogP) is 3.93. The molecule has 1 rings (SSSR count). The zero-order chi connectivity index (χ0) is 25.7. The molecule has 7 nitrogen and oxygen atoms in total. The van der Waals surface area contributed by atoms with Crippen LogP contribution in [0.2, 0.25) is 0 Å². The quantitative estimate of drug-likeness (QED) is 0.504. The van der Waals surface area contributed by atoms with Crippen molar-refractivity contribution in [1.82, 2.24) is 15.1 Å². The predicted molar refractivity (Wildman–Crippen MR) is 133 cm³/mol. The Morgan fingerprint density at radius 1 is 1.15 bits per heavy atom. The number of carboxylic acids is 1. The van der Waals surface area contributed by atoms with Gasteiger partial charge in [-0.1, -0.05) is 54.0 Å². The zero-order valence-electron chi connectivity index (χ0n) is 22.4. The van der Waals surface area contributed by atoms with Gasteiger partial charge in [0.05, 0.1) is 12.1 Å². The number of carbonyl (C=O) groups excluding carboxylic acids is 2. The average molecular weight is 466 g/mol. The van der Waals surface area contributed by atoms with E-state index < -0.39 is 17.4 Å². The standard InChI is InChI=1S/C26H47N3O4/c1-11-19-12-13-20(29(15-19)17(4)5)23(30)27-22(26(7,8)9)24(31)28(10)21(16(2)3)14-18(6)25(32)33/h14,16-17,19-22H,11-13,15H2,1-10H3,(H,27,30)(H,32,33)/b18-14+/t19-,20-,21-,22-/m1/s1. The minimum Gasteiger partial charge on any atom is -0.478 e. The van der Waals surface area contributed by atoms with Gasteiger partial charge in [-0.05, 0) is 50.9 Å². The molecule has 33 heavy (non-hydrogen) atoms. The molecule has 0 radical (unpaired) electrons. The van der Waals surface area contributed by atoms with Gasteiger partial charge in [-0.25, -0.2) is 4.79 Å². The summed E-state index contributed by atoms with van der Waals surface area (Å²) in [5.41, 5.74) is -0.304. The summed E-state index contributed by atoms with van der Waals surface area (Å²) in [6, 6.07) is -1.10. The molecule has 190 valence electrons. The van der Waals surface area contributed by atoms with Crippen molar-refractivity contribution in [3.63, 3.8) is 0 Å². The largest absolute Gasteiger partial charge is 0.478 e. The van der Waals surface area contributed by atoms with Crippen LogP contribution < -0.4 is 5.32 Å². The Labute approximate surface area is 201 Å². The second kappa shape index (κ2) is 12.0. The van der Waals surface area contributed by atoms with Crippen LogP contribution in [0.25, 0.3) is 0 Å². The zero-order valence-corrected chi connectivity index (χ0v) is 22.4. The van der Waals surface area contributed by atoms with Crippen LogP contribution in [0, 0.1) is 17.3 Å². The Bertz CT molecular complexity index is 724. The third-order valence-electron chi connectivity index (χ3n) is 6.90. The lowest BCUT2D eigenvalue weighted by Gasteiger charge is -2.43. The van der Waals surface area contributed by atoms with Crippen LogP contribution in [0.5, 0.6) is 0 Å². The number of hydrogen-bond acceptors (Lipinski definition) is 4. The summed E-state index contributed by atoms with van der Waals surface area (Å²) in [4.78, 5) is 42.3. The fourth-order valence-electron chi connectivity index (χ4n) is 4.58. The molecule has 1 aliphatic heterocycles. The summed E-state index contributed by atoms with van der Waals surface area (Å²) in [5.74, 6) is -0.691. The molecular formula is C26H47N3O4. The lowest BCUT2D eigenvalue weighted by atomic mass is 9.84. The van der Waals surface area contributed by atoms with Gasteiger partial charge >= 0.3 is 5.97 Å². The van der Waals surface area contributed by atoms with E-state index in [-0.39, 0.29) is 41.4 Å². The van der Waals surface area contributed by atoms with Crippen molar-refractivity contribution in [2.45, 2.75) is 106 Å². The molecule has 2 amide bonds. The Morgan fingerprint density at radius 2 is 1.73 bits per heavy atom. The third kappa shape index (κ3) is 7.83. The number of rotatable bonds is 9. The van der Waals surface area contributed by atoms with Gasteiger partial charge in [0.15, 0.2) is 0 Å². The van der Waals surface area contributed by atoms with Crippen LogP contribution >= 0.6 is 0 Å². The SMILES string of the molecule is CC[C@@H]1CC[C@H](C(=O)N[C@H](C(=O)N(C)[C@H](/C=C(\C)C(=O)O)C(C)C)C(C)(C)C)N(C(C)C)C1. The number of amides is 2. The summed E-state index contributed by atoms with van der Waals surface area (Å²) >= 11 is 0. The van der Waals surface area contributed by atoms with Crippen LogP contribution in [-0.4, -0.2) is 70.4 Å².